The van der Waals surface area contributed by atoms with Crippen LogP contribution in [0.5, 0.6) is 0 Å². The molecule has 0 aliphatic carbocycles. The summed E-state index contributed by atoms with van der Waals surface area (Å²) >= 11 is 0. The average molecular weight is 635 g/mol. The highest BCUT2D eigenvalue weighted by Crippen LogP contribution is 2.15. The minimum Gasteiger partial charge on any atom is -0.457 e. The van der Waals surface area contributed by atoms with E-state index < -0.39 is 6.10 Å². The Morgan fingerprint density at radius 2 is 0.933 bits per heavy atom. The van der Waals surface area contributed by atoms with Gasteiger partial charge in [-0.15, -0.1) is 0 Å². The Labute approximate surface area is 281 Å². The van der Waals surface area contributed by atoms with Gasteiger partial charge in [0.25, 0.3) is 0 Å². The Hall–Kier alpha value is -1.13. The van der Waals surface area contributed by atoms with Crippen LogP contribution in [-0.2, 0) is 14.3 Å². The van der Waals surface area contributed by atoms with E-state index in [9.17, 15) is 9.90 Å². The summed E-state index contributed by atoms with van der Waals surface area (Å²) in [6.45, 7) is 5.33. The quantitative estimate of drug-likeness (QED) is 0.0420. The van der Waals surface area contributed by atoms with Gasteiger partial charge in [-0.3, -0.25) is 4.79 Å². The third-order valence-corrected chi connectivity index (χ3v) is 8.78. The van der Waals surface area contributed by atoms with Crippen molar-refractivity contribution in [2.75, 3.05) is 19.8 Å². The Kier molecular flexibility index (Phi) is 38.1. The van der Waals surface area contributed by atoms with Crippen LogP contribution in [0.4, 0.5) is 0 Å². The number of aliphatic hydroxyl groups excluding tert-OH is 1. The van der Waals surface area contributed by atoms with Crippen molar-refractivity contribution in [2.24, 2.45) is 0 Å². The van der Waals surface area contributed by atoms with E-state index in [1.54, 1.807) is 0 Å². The number of allylic oxidation sites excluding steroid dienone is 4. The Morgan fingerprint density at radius 1 is 0.533 bits per heavy atom. The summed E-state index contributed by atoms with van der Waals surface area (Å²) in [6, 6.07) is 0. The maximum atomic E-state index is 12.2. The molecule has 1 unspecified atom stereocenters. The lowest BCUT2D eigenvalue weighted by Gasteiger charge is -2.15. The largest absolute Gasteiger partial charge is 0.457 e. The van der Waals surface area contributed by atoms with Crippen LogP contribution in [0.3, 0.4) is 0 Å². The molecule has 1 atom stereocenters. The molecule has 0 aliphatic rings. The molecule has 266 valence electrons. The standard InChI is InChI=1S/C41H78O4/c1-3-5-7-9-11-13-15-17-19-20-21-23-25-27-29-31-33-35-37-44-39-40(38-42)45-41(43)36-34-32-30-28-26-24-22-18-16-14-12-10-8-6-4-2/h12,14,18,22,40,42H,3-11,13,15-17,19-21,23-39H2,1-2H3/b14-12-,22-18-. The average Bonchev–Trinajstić information content (AvgIpc) is 3.05. The SMILES string of the molecule is CCCCC/C=C\C/C=C\CCCCCCCC(=O)OC(CO)COCCCCCCCCCCCCCCCCCCCC. The normalized spacial score (nSPS) is 12.5. The predicted molar refractivity (Wildman–Crippen MR) is 196 cm³/mol. The second kappa shape index (κ2) is 39.1. The van der Waals surface area contributed by atoms with E-state index >= 15 is 0 Å². The molecule has 0 bridgehead atoms. The van der Waals surface area contributed by atoms with Gasteiger partial charge < -0.3 is 14.6 Å². The molecule has 0 aliphatic heterocycles. The number of aliphatic hydroxyl groups is 1. The van der Waals surface area contributed by atoms with Crippen LogP contribution >= 0.6 is 0 Å². The van der Waals surface area contributed by atoms with Gasteiger partial charge in [0.2, 0.25) is 0 Å². The number of hydrogen-bond acceptors (Lipinski definition) is 4. The van der Waals surface area contributed by atoms with Crippen LogP contribution in [0, 0.1) is 0 Å². The lowest BCUT2D eigenvalue weighted by Crippen LogP contribution is -2.27. The van der Waals surface area contributed by atoms with Crippen molar-refractivity contribution >= 4 is 5.97 Å². The van der Waals surface area contributed by atoms with E-state index in [1.165, 1.54) is 148 Å². The minimum absolute atomic E-state index is 0.174. The number of ether oxygens (including phenoxy) is 2. The zero-order chi connectivity index (χ0) is 32.7. The summed E-state index contributed by atoms with van der Waals surface area (Å²) < 4.78 is 11.1. The molecule has 0 saturated carbocycles. The first kappa shape index (κ1) is 43.9. The molecular formula is C41H78O4. The molecule has 0 aromatic heterocycles. The van der Waals surface area contributed by atoms with Crippen LogP contribution in [0.25, 0.3) is 0 Å². The zero-order valence-corrected chi connectivity index (χ0v) is 30.4. The van der Waals surface area contributed by atoms with Gasteiger partial charge >= 0.3 is 5.97 Å². The number of carbonyl (C=O) groups excluding carboxylic acids is 1. The number of esters is 1. The molecule has 4 heteroatoms. The Morgan fingerprint density at radius 3 is 1.42 bits per heavy atom. The van der Waals surface area contributed by atoms with Crippen molar-refractivity contribution < 1.29 is 19.4 Å². The first-order valence-corrected chi connectivity index (χ1v) is 19.9. The smallest absolute Gasteiger partial charge is 0.306 e. The van der Waals surface area contributed by atoms with E-state index in [-0.39, 0.29) is 12.6 Å². The molecule has 0 rings (SSSR count). The third-order valence-electron chi connectivity index (χ3n) is 8.78. The van der Waals surface area contributed by atoms with E-state index in [2.05, 4.69) is 38.2 Å². The third kappa shape index (κ3) is 37.2. The summed E-state index contributed by atoms with van der Waals surface area (Å²) in [5.74, 6) is -0.212. The zero-order valence-electron chi connectivity index (χ0n) is 30.4. The molecule has 0 aromatic rings. The summed E-state index contributed by atoms with van der Waals surface area (Å²) in [5.41, 5.74) is 0. The van der Waals surface area contributed by atoms with Gasteiger partial charge in [-0.1, -0.05) is 179 Å². The second-order valence-corrected chi connectivity index (χ2v) is 13.4. The van der Waals surface area contributed by atoms with Crippen LogP contribution in [0.15, 0.2) is 24.3 Å². The predicted octanol–water partition coefficient (Wildman–Crippen LogP) is 12.8. The molecule has 0 fully saturated rings. The number of unbranched alkanes of at least 4 members (excludes halogenated alkanes) is 25. The van der Waals surface area contributed by atoms with Crippen molar-refractivity contribution in [1.29, 1.82) is 0 Å². The van der Waals surface area contributed by atoms with E-state index in [1.807, 2.05) is 0 Å². The highest BCUT2D eigenvalue weighted by molar-refractivity contribution is 5.69. The maximum Gasteiger partial charge on any atom is 0.306 e. The fraction of sp³-hybridized carbons (Fsp3) is 0.878. The van der Waals surface area contributed by atoms with Crippen LogP contribution < -0.4 is 0 Å². The molecule has 0 amide bonds. The monoisotopic (exact) mass is 635 g/mol. The summed E-state index contributed by atoms with van der Waals surface area (Å²) in [6.07, 6.45) is 46.5. The van der Waals surface area contributed by atoms with Crippen molar-refractivity contribution in [3.63, 3.8) is 0 Å². The van der Waals surface area contributed by atoms with E-state index in [0.717, 1.165) is 38.5 Å². The summed E-state index contributed by atoms with van der Waals surface area (Å²) in [4.78, 5) is 12.2. The van der Waals surface area contributed by atoms with Crippen LogP contribution in [0.2, 0.25) is 0 Å². The van der Waals surface area contributed by atoms with Crippen molar-refractivity contribution in [3.8, 4) is 0 Å². The second-order valence-electron chi connectivity index (χ2n) is 13.4. The first-order valence-electron chi connectivity index (χ1n) is 19.9. The van der Waals surface area contributed by atoms with Gasteiger partial charge in [0, 0.05) is 13.0 Å². The molecular weight excluding hydrogens is 556 g/mol. The fourth-order valence-electron chi connectivity index (χ4n) is 5.77. The molecule has 0 saturated heterocycles. The highest BCUT2D eigenvalue weighted by atomic mass is 16.6. The number of hydrogen-bond donors (Lipinski definition) is 1. The fourth-order valence-corrected chi connectivity index (χ4v) is 5.77. The van der Waals surface area contributed by atoms with E-state index in [0.29, 0.717) is 19.6 Å². The van der Waals surface area contributed by atoms with Crippen LogP contribution in [0.1, 0.15) is 206 Å². The van der Waals surface area contributed by atoms with Crippen molar-refractivity contribution in [2.45, 2.75) is 213 Å². The molecule has 0 radical (unpaired) electrons. The first-order chi connectivity index (χ1) is 22.2. The van der Waals surface area contributed by atoms with E-state index in [4.69, 9.17) is 9.47 Å². The van der Waals surface area contributed by atoms with Crippen LogP contribution in [-0.4, -0.2) is 37.0 Å². The van der Waals surface area contributed by atoms with Gasteiger partial charge in [-0.2, -0.15) is 0 Å². The molecule has 0 spiro atoms. The highest BCUT2D eigenvalue weighted by Gasteiger charge is 2.13. The molecule has 45 heavy (non-hydrogen) atoms. The Bertz CT molecular complexity index is 629. The summed E-state index contributed by atoms with van der Waals surface area (Å²) in [7, 11) is 0. The lowest BCUT2D eigenvalue weighted by atomic mass is 10.0. The summed E-state index contributed by atoms with van der Waals surface area (Å²) in [5, 5.41) is 9.57. The van der Waals surface area contributed by atoms with Gasteiger partial charge in [0.15, 0.2) is 0 Å². The maximum absolute atomic E-state index is 12.2. The number of rotatable bonds is 37. The van der Waals surface area contributed by atoms with Gasteiger partial charge in [0.1, 0.15) is 6.10 Å². The van der Waals surface area contributed by atoms with Gasteiger partial charge in [0.05, 0.1) is 13.2 Å². The Balaban J connectivity index is 3.42. The van der Waals surface area contributed by atoms with Crippen molar-refractivity contribution in [1.82, 2.24) is 0 Å². The van der Waals surface area contributed by atoms with Gasteiger partial charge in [-0.05, 0) is 44.9 Å². The number of carbonyl (C=O) groups is 1. The van der Waals surface area contributed by atoms with Crippen molar-refractivity contribution in [3.05, 3.63) is 24.3 Å². The van der Waals surface area contributed by atoms with Gasteiger partial charge in [-0.25, -0.2) is 0 Å². The molecule has 0 aromatic carbocycles. The lowest BCUT2D eigenvalue weighted by molar-refractivity contribution is -0.154. The molecule has 1 N–H and O–H groups in total. The molecule has 0 heterocycles. The topological polar surface area (TPSA) is 55.8 Å². The molecule has 4 nitrogen and oxygen atoms in total. The minimum atomic E-state index is -0.536.